The lowest BCUT2D eigenvalue weighted by Crippen LogP contribution is -1.96. The summed E-state index contributed by atoms with van der Waals surface area (Å²) in [6.45, 7) is 0.164. The predicted molar refractivity (Wildman–Crippen MR) is 52.6 cm³/mol. The molecule has 0 aromatic carbocycles. The van der Waals surface area contributed by atoms with E-state index in [0.717, 1.165) is 17.9 Å². The summed E-state index contributed by atoms with van der Waals surface area (Å²) in [5, 5.41) is 8.69. The molecule has 1 heterocycles. The van der Waals surface area contributed by atoms with Crippen LogP contribution in [0, 0.1) is 0 Å². The fraction of sp³-hybridized carbons (Fsp3) is 0.444. The van der Waals surface area contributed by atoms with Gasteiger partial charge in [0.1, 0.15) is 0 Å². The number of nitrogens with zero attached hydrogens (tertiary/aromatic N) is 1. The standard InChI is InChI=1S/C9H13NOS/c11-5-2-9-7-8(3-6-12)1-4-10-9/h1,4,7,11-12H,2-3,5-6H2. The molecule has 0 fully saturated rings. The molecule has 0 radical (unpaired) electrons. The highest BCUT2D eigenvalue weighted by Gasteiger charge is 1.95. The number of hydrogen-bond acceptors (Lipinski definition) is 3. The Morgan fingerprint density at radius 1 is 1.42 bits per heavy atom. The van der Waals surface area contributed by atoms with Crippen molar-refractivity contribution >= 4 is 12.6 Å². The Hall–Kier alpha value is -0.540. The first-order chi connectivity index (χ1) is 5.86. The third-order valence-corrected chi connectivity index (χ3v) is 1.87. The largest absolute Gasteiger partial charge is 0.396 e. The predicted octanol–water partition coefficient (Wildman–Crippen LogP) is 1.09. The zero-order valence-corrected chi connectivity index (χ0v) is 7.80. The Balaban J connectivity index is 2.67. The molecule has 0 atom stereocenters. The summed E-state index contributed by atoms with van der Waals surface area (Å²) >= 11 is 4.15. The van der Waals surface area contributed by atoms with Crippen LogP contribution in [0.1, 0.15) is 11.3 Å². The van der Waals surface area contributed by atoms with Crippen molar-refractivity contribution in [1.82, 2.24) is 4.98 Å². The topological polar surface area (TPSA) is 33.1 Å². The van der Waals surface area contributed by atoms with Crippen LogP contribution in [-0.2, 0) is 12.8 Å². The van der Waals surface area contributed by atoms with Gasteiger partial charge in [-0.15, -0.1) is 0 Å². The van der Waals surface area contributed by atoms with Gasteiger partial charge in [-0.25, -0.2) is 0 Å². The fourth-order valence-corrected chi connectivity index (χ4v) is 1.32. The van der Waals surface area contributed by atoms with E-state index in [4.69, 9.17) is 5.11 Å². The number of aryl methyl sites for hydroxylation is 1. The van der Waals surface area contributed by atoms with Crippen molar-refractivity contribution in [3.05, 3.63) is 29.6 Å². The summed E-state index contributed by atoms with van der Waals surface area (Å²) in [4.78, 5) is 4.13. The highest BCUT2D eigenvalue weighted by atomic mass is 32.1. The number of hydrogen-bond donors (Lipinski definition) is 2. The maximum absolute atomic E-state index is 8.69. The molecule has 1 aromatic heterocycles. The molecule has 0 unspecified atom stereocenters. The molecule has 2 nitrogen and oxygen atoms in total. The van der Waals surface area contributed by atoms with Crippen LogP contribution in [0.3, 0.4) is 0 Å². The van der Waals surface area contributed by atoms with Gasteiger partial charge in [-0.3, -0.25) is 4.98 Å². The number of pyridine rings is 1. The summed E-state index contributed by atoms with van der Waals surface area (Å²) in [6, 6.07) is 4.00. The van der Waals surface area contributed by atoms with Crippen molar-refractivity contribution in [3.8, 4) is 0 Å². The molecule has 0 saturated heterocycles. The quantitative estimate of drug-likeness (QED) is 0.685. The SMILES string of the molecule is OCCc1cc(CCS)ccn1. The van der Waals surface area contributed by atoms with Crippen molar-refractivity contribution in [1.29, 1.82) is 0 Å². The third-order valence-electron chi connectivity index (χ3n) is 1.65. The van der Waals surface area contributed by atoms with Gasteiger partial charge in [-0.2, -0.15) is 12.6 Å². The summed E-state index contributed by atoms with van der Waals surface area (Å²) in [6.07, 6.45) is 3.38. The summed E-state index contributed by atoms with van der Waals surface area (Å²) in [5.41, 5.74) is 2.19. The van der Waals surface area contributed by atoms with Gasteiger partial charge in [0.25, 0.3) is 0 Å². The van der Waals surface area contributed by atoms with Crippen molar-refractivity contribution < 1.29 is 5.11 Å². The lowest BCUT2D eigenvalue weighted by Gasteiger charge is -2.00. The van der Waals surface area contributed by atoms with Gasteiger partial charge in [-0.05, 0) is 29.9 Å². The summed E-state index contributed by atoms with van der Waals surface area (Å²) in [7, 11) is 0. The van der Waals surface area contributed by atoms with Crippen LogP contribution in [0.2, 0.25) is 0 Å². The molecule has 0 aliphatic rings. The van der Waals surface area contributed by atoms with E-state index in [1.165, 1.54) is 5.56 Å². The van der Waals surface area contributed by atoms with Gasteiger partial charge >= 0.3 is 0 Å². The molecular formula is C9H13NOS. The van der Waals surface area contributed by atoms with Crippen molar-refractivity contribution in [2.24, 2.45) is 0 Å². The molecule has 3 heteroatoms. The number of thiol groups is 1. The molecule has 1 aromatic rings. The number of rotatable bonds is 4. The van der Waals surface area contributed by atoms with E-state index in [1.807, 2.05) is 12.1 Å². The second kappa shape index (κ2) is 5.17. The van der Waals surface area contributed by atoms with E-state index in [-0.39, 0.29) is 6.61 Å². The second-order valence-corrected chi connectivity index (χ2v) is 3.05. The van der Waals surface area contributed by atoms with Gasteiger partial charge < -0.3 is 5.11 Å². The third kappa shape index (κ3) is 2.83. The van der Waals surface area contributed by atoms with Crippen LogP contribution in [0.25, 0.3) is 0 Å². The normalized spacial score (nSPS) is 10.2. The number of aromatic nitrogens is 1. The van der Waals surface area contributed by atoms with Crippen LogP contribution in [0.5, 0.6) is 0 Å². The van der Waals surface area contributed by atoms with E-state index >= 15 is 0 Å². The van der Waals surface area contributed by atoms with Gasteiger partial charge in [0.05, 0.1) is 0 Å². The minimum atomic E-state index is 0.164. The molecule has 12 heavy (non-hydrogen) atoms. The van der Waals surface area contributed by atoms with E-state index in [9.17, 15) is 0 Å². The van der Waals surface area contributed by atoms with E-state index in [1.54, 1.807) is 6.20 Å². The maximum Gasteiger partial charge on any atom is 0.0486 e. The zero-order valence-electron chi connectivity index (χ0n) is 6.90. The van der Waals surface area contributed by atoms with Gasteiger partial charge in [0, 0.05) is 24.9 Å². The highest BCUT2D eigenvalue weighted by Crippen LogP contribution is 2.03. The first-order valence-electron chi connectivity index (χ1n) is 4.02. The van der Waals surface area contributed by atoms with Crippen LogP contribution in [0.4, 0.5) is 0 Å². The zero-order chi connectivity index (χ0) is 8.81. The Kier molecular flexibility index (Phi) is 4.11. The molecule has 0 spiro atoms. The molecule has 0 aliphatic carbocycles. The molecule has 0 aliphatic heterocycles. The molecule has 0 bridgehead atoms. The van der Waals surface area contributed by atoms with E-state index < -0.39 is 0 Å². The smallest absolute Gasteiger partial charge is 0.0486 e. The summed E-state index contributed by atoms with van der Waals surface area (Å²) in [5.74, 6) is 0.850. The molecule has 1 N–H and O–H groups in total. The molecule has 0 saturated carbocycles. The maximum atomic E-state index is 8.69. The average molecular weight is 183 g/mol. The Bertz CT molecular complexity index is 218. The molecule has 66 valence electrons. The molecule has 0 amide bonds. The van der Waals surface area contributed by atoms with Crippen LogP contribution in [-0.4, -0.2) is 22.5 Å². The first kappa shape index (κ1) is 9.55. The Morgan fingerprint density at radius 2 is 2.25 bits per heavy atom. The van der Waals surface area contributed by atoms with Crippen molar-refractivity contribution in [3.63, 3.8) is 0 Å². The van der Waals surface area contributed by atoms with Gasteiger partial charge in [-0.1, -0.05) is 0 Å². The van der Waals surface area contributed by atoms with Crippen molar-refractivity contribution in [2.45, 2.75) is 12.8 Å². The monoisotopic (exact) mass is 183 g/mol. The average Bonchev–Trinajstić information content (AvgIpc) is 2.06. The minimum absolute atomic E-state index is 0.164. The highest BCUT2D eigenvalue weighted by molar-refractivity contribution is 7.80. The van der Waals surface area contributed by atoms with Crippen LogP contribution < -0.4 is 0 Å². The van der Waals surface area contributed by atoms with Gasteiger partial charge in [0.15, 0.2) is 0 Å². The first-order valence-corrected chi connectivity index (χ1v) is 4.65. The Morgan fingerprint density at radius 3 is 2.92 bits per heavy atom. The minimum Gasteiger partial charge on any atom is -0.396 e. The van der Waals surface area contributed by atoms with E-state index in [2.05, 4.69) is 17.6 Å². The number of aliphatic hydroxyl groups is 1. The molecule has 1 rings (SSSR count). The Labute approximate surface area is 78.1 Å². The fourth-order valence-electron chi connectivity index (χ4n) is 1.06. The summed E-state index contributed by atoms with van der Waals surface area (Å²) < 4.78 is 0. The van der Waals surface area contributed by atoms with Crippen molar-refractivity contribution in [2.75, 3.05) is 12.4 Å². The molecular weight excluding hydrogens is 170 g/mol. The van der Waals surface area contributed by atoms with Crippen LogP contribution in [0.15, 0.2) is 18.3 Å². The van der Waals surface area contributed by atoms with Crippen LogP contribution >= 0.6 is 12.6 Å². The van der Waals surface area contributed by atoms with E-state index in [0.29, 0.717) is 6.42 Å². The van der Waals surface area contributed by atoms with Gasteiger partial charge in [0.2, 0.25) is 0 Å². The lowest BCUT2D eigenvalue weighted by atomic mass is 10.1. The second-order valence-electron chi connectivity index (χ2n) is 2.60. The lowest BCUT2D eigenvalue weighted by molar-refractivity contribution is 0.298. The number of aliphatic hydroxyl groups excluding tert-OH is 1.